The van der Waals surface area contributed by atoms with Crippen molar-refractivity contribution >= 4 is 28.7 Å². The van der Waals surface area contributed by atoms with Crippen molar-refractivity contribution in [2.75, 3.05) is 18.0 Å². The molecule has 2 atom stereocenters. The van der Waals surface area contributed by atoms with E-state index in [9.17, 15) is 13.2 Å². The summed E-state index contributed by atoms with van der Waals surface area (Å²) in [4.78, 5) is 10.4. The fraction of sp³-hybridized carbons (Fsp3) is 0.368. The molecule has 2 aliphatic rings. The number of fused-ring (bicyclic) bond motifs is 3. The van der Waals surface area contributed by atoms with Crippen molar-refractivity contribution in [3.63, 3.8) is 0 Å². The summed E-state index contributed by atoms with van der Waals surface area (Å²) in [6.07, 6.45) is -0.993. The number of nitrogens with one attached hydrogen (secondary N) is 1. The number of alkyl halides is 3. The average molecular weight is 409 g/mol. The zero-order chi connectivity index (χ0) is 19.5. The number of anilines is 1. The van der Waals surface area contributed by atoms with Crippen molar-refractivity contribution in [1.29, 1.82) is 0 Å². The number of nitrogens with zero attached hydrogens (tertiary/aromatic N) is 3. The van der Waals surface area contributed by atoms with Crippen LogP contribution >= 0.6 is 11.6 Å². The second kappa shape index (κ2) is 6.35. The van der Waals surface area contributed by atoms with Gasteiger partial charge in [-0.1, -0.05) is 17.7 Å². The lowest BCUT2D eigenvalue weighted by Gasteiger charge is -2.31. The number of pyridine rings is 1. The van der Waals surface area contributed by atoms with Crippen LogP contribution in [0.5, 0.6) is 0 Å². The first-order chi connectivity index (χ1) is 13.4. The molecule has 2 bridgehead atoms. The zero-order valence-corrected chi connectivity index (χ0v) is 15.4. The third-order valence-electron chi connectivity index (χ3n) is 5.32. The lowest BCUT2D eigenvalue weighted by Crippen LogP contribution is -2.51. The Bertz CT molecular complexity index is 1030. The van der Waals surface area contributed by atoms with Gasteiger partial charge in [-0.25, -0.2) is 0 Å². The normalized spacial score (nSPS) is 22.2. The smallest absolute Gasteiger partial charge is 0.420 e. The third kappa shape index (κ3) is 2.91. The maximum absolute atomic E-state index is 13.7. The molecule has 4 heterocycles. The summed E-state index contributed by atoms with van der Waals surface area (Å²) in [6.45, 7) is 1.30. The second-order valence-electron chi connectivity index (χ2n) is 7.21. The summed E-state index contributed by atoms with van der Waals surface area (Å²) >= 11 is 6.04. The SMILES string of the molecule is FC(F)(F)c1c(Cl)cc(-c2ccccn2)c2oc(N3CC4CCC(C3)N4)nc12. The number of hydrogen-bond donors (Lipinski definition) is 1. The number of hydrogen-bond acceptors (Lipinski definition) is 5. The maximum Gasteiger partial charge on any atom is 0.420 e. The predicted octanol–water partition coefficient (Wildman–Crippen LogP) is 4.50. The quantitative estimate of drug-likeness (QED) is 0.676. The fourth-order valence-electron chi connectivity index (χ4n) is 4.11. The van der Waals surface area contributed by atoms with Crippen molar-refractivity contribution in [2.24, 2.45) is 0 Å². The molecule has 2 unspecified atom stereocenters. The summed E-state index contributed by atoms with van der Waals surface area (Å²) in [5, 5.41) is 3.07. The van der Waals surface area contributed by atoms with Gasteiger partial charge in [0.25, 0.3) is 6.01 Å². The van der Waals surface area contributed by atoms with E-state index in [0.717, 1.165) is 12.8 Å². The molecule has 0 amide bonds. The van der Waals surface area contributed by atoms with E-state index in [2.05, 4.69) is 15.3 Å². The highest BCUT2D eigenvalue weighted by atomic mass is 35.5. The molecule has 0 radical (unpaired) electrons. The molecule has 2 aliphatic heterocycles. The van der Waals surface area contributed by atoms with Crippen LogP contribution in [0.2, 0.25) is 5.02 Å². The van der Waals surface area contributed by atoms with Gasteiger partial charge in [0, 0.05) is 36.9 Å². The minimum Gasteiger partial charge on any atom is -0.423 e. The molecular formula is C19H16ClF3N4O. The molecule has 146 valence electrons. The van der Waals surface area contributed by atoms with Gasteiger partial charge in [0.15, 0.2) is 5.58 Å². The Hall–Kier alpha value is -2.32. The van der Waals surface area contributed by atoms with E-state index in [1.54, 1.807) is 24.4 Å². The van der Waals surface area contributed by atoms with Crippen LogP contribution in [0.4, 0.5) is 19.2 Å². The Balaban J connectivity index is 1.70. The molecule has 3 aromatic rings. The summed E-state index contributed by atoms with van der Waals surface area (Å²) < 4.78 is 47.0. The van der Waals surface area contributed by atoms with Crippen LogP contribution in [0.3, 0.4) is 0 Å². The molecule has 0 aliphatic carbocycles. The van der Waals surface area contributed by atoms with E-state index >= 15 is 0 Å². The standard InChI is InChI=1S/C19H16ClF3N4O/c20-13-7-12(14-3-1-2-6-24-14)17-16(15(13)19(21,22)23)26-18(28-17)27-8-10-4-5-11(9-27)25-10/h1-3,6-7,10-11,25H,4-5,8-9H2. The summed E-state index contributed by atoms with van der Waals surface area (Å²) in [7, 11) is 0. The van der Waals surface area contributed by atoms with Gasteiger partial charge in [0.2, 0.25) is 0 Å². The average Bonchev–Trinajstić information content (AvgIpc) is 3.23. The van der Waals surface area contributed by atoms with Gasteiger partial charge in [0.1, 0.15) is 11.1 Å². The first-order valence-electron chi connectivity index (χ1n) is 9.03. The van der Waals surface area contributed by atoms with Crippen molar-refractivity contribution < 1.29 is 17.6 Å². The van der Waals surface area contributed by atoms with E-state index in [1.165, 1.54) is 6.07 Å². The molecule has 5 rings (SSSR count). The summed E-state index contributed by atoms with van der Waals surface area (Å²) in [5.41, 5.74) is -0.327. The Morgan fingerprint density at radius 1 is 1.18 bits per heavy atom. The van der Waals surface area contributed by atoms with E-state index in [-0.39, 0.29) is 17.1 Å². The lowest BCUT2D eigenvalue weighted by molar-refractivity contribution is -0.136. The molecular weight excluding hydrogens is 393 g/mol. The lowest BCUT2D eigenvalue weighted by atomic mass is 10.1. The molecule has 5 nitrogen and oxygen atoms in total. The molecule has 2 aromatic heterocycles. The predicted molar refractivity (Wildman–Crippen MR) is 99.4 cm³/mol. The first-order valence-corrected chi connectivity index (χ1v) is 9.40. The molecule has 28 heavy (non-hydrogen) atoms. The Morgan fingerprint density at radius 3 is 2.57 bits per heavy atom. The summed E-state index contributed by atoms with van der Waals surface area (Å²) in [5.74, 6) is 0. The van der Waals surface area contributed by atoms with Gasteiger partial charge >= 0.3 is 6.18 Å². The van der Waals surface area contributed by atoms with Gasteiger partial charge in [-0.3, -0.25) is 4.98 Å². The van der Waals surface area contributed by atoms with Gasteiger partial charge < -0.3 is 14.6 Å². The maximum atomic E-state index is 13.7. The van der Waals surface area contributed by atoms with Crippen LogP contribution in [0.25, 0.3) is 22.4 Å². The van der Waals surface area contributed by atoms with Crippen molar-refractivity contribution in [3.05, 3.63) is 41.0 Å². The van der Waals surface area contributed by atoms with E-state index in [0.29, 0.717) is 36.4 Å². The Kier molecular flexibility index (Phi) is 4.03. The van der Waals surface area contributed by atoms with Crippen molar-refractivity contribution in [3.8, 4) is 11.3 Å². The summed E-state index contributed by atoms with van der Waals surface area (Å²) in [6, 6.07) is 7.24. The molecule has 1 aromatic carbocycles. The van der Waals surface area contributed by atoms with Crippen LogP contribution in [-0.2, 0) is 6.18 Å². The highest BCUT2D eigenvalue weighted by Gasteiger charge is 2.40. The largest absolute Gasteiger partial charge is 0.423 e. The second-order valence-corrected chi connectivity index (χ2v) is 7.62. The van der Waals surface area contributed by atoms with Gasteiger partial charge in [0.05, 0.1) is 10.7 Å². The monoisotopic (exact) mass is 408 g/mol. The highest BCUT2D eigenvalue weighted by molar-refractivity contribution is 6.33. The van der Waals surface area contributed by atoms with Crippen LogP contribution in [-0.4, -0.2) is 35.1 Å². The van der Waals surface area contributed by atoms with Crippen LogP contribution in [0, 0.1) is 0 Å². The zero-order valence-electron chi connectivity index (χ0n) is 14.6. The molecule has 0 saturated carbocycles. The Morgan fingerprint density at radius 2 is 1.93 bits per heavy atom. The van der Waals surface area contributed by atoms with Gasteiger partial charge in [-0.15, -0.1) is 0 Å². The molecule has 1 N–H and O–H groups in total. The van der Waals surface area contributed by atoms with E-state index in [4.69, 9.17) is 16.0 Å². The number of rotatable bonds is 2. The van der Waals surface area contributed by atoms with Crippen molar-refractivity contribution in [2.45, 2.75) is 31.1 Å². The minimum absolute atomic E-state index is 0.0521. The molecule has 0 spiro atoms. The number of benzene rings is 1. The third-order valence-corrected chi connectivity index (χ3v) is 5.62. The number of halogens is 4. The molecule has 9 heteroatoms. The molecule has 2 saturated heterocycles. The van der Waals surface area contributed by atoms with Crippen LogP contribution in [0.15, 0.2) is 34.9 Å². The van der Waals surface area contributed by atoms with Gasteiger partial charge in [-0.2, -0.15) is 18.2 Å². The topological polar surface area (TPSA) is 54.2 Å². The minimum atomic E-state index is -4.64. The molecule has 2 fully saturated rings. The number of piperazine rings is 1. The van der Waals surface area contributed by atoms with E-state index < -0.39 is 16.8 Å². The number of oxazole rings is 1. The van der Waals surface area contributed by atoms with E-state index in [1.807, 2.05) is 4.90 Å². The van der Waals surface area contributed by atoms with Gasteiger partial charge in [-0.05, 0) is 31.0 Å². The Labute approximate surface area is 163 Å². The van der Waals surface area contributed by atoms with Crippen molar-refractivity contribution in [1.82, 2.24) is 15.3 Å². The first kappa shape index (κ1) is 17.8. The van der Waals surface area contributed by atoms with Crippen LogP contribution < -0.4 is 10.2 Å². The number of aromatic nitrogens is 2. The van der Waals surface area contributed by atoms with Crippen LogP contribution in [0.1, 0.15) is 18.4 Å². The fourth-order valence-corrected chi connectivity index (χ4v) is 4.41. The highest BCUT2D eigenvalue weighted by Crippen LogP contribution is 2.44.